The Morgan fingerprint density at radius 3 is 2.68 bits per heavy atom. The molecule has 0 fully saturated rings. The highest BCUT2D eigenvalue weighted by atomic mass is 32.1. The van der Waals surface area contributed by atoms with Gasteiger partial charge < -0.3 is 4.74 Å². The molecule has 3 rings (SSSR count). The molecular weight excluding hydrogens is 296 g/mol. The van der Waals surface area contributed by atoms with Crippen molar-refractivity contribution in [2.75, 3.05) is 6.61 Å². The predicted molar refractivity (Wildman–Crippen MR) is 88.3 cm³/mol. The van der Waals surface area contributed by atoms with Gasteiger partial charge in [-0.15, -0.1) is 11.3 Å². The number of carbonyl (C=O) groups excluding carboxylic acids is 1. The second-order valence-corrected chi connectivity index (χ2v) is 5.95. The molecule has 0 aliphatic carbocycles. The van der Waals surface area contributed by atoms with Crippen molar-refractivity contribution in [1.29, 1.82) is 0 Å². The Morgan fingerprint density at radius 1 is 1.32 bits per heavy atom. The molecule has 2 heterocycles. The fourth-order valence-corrected chi connectivity index (χ4v) is 3.19. The van der Waals surface area contributed by atoms with E-state index >= 15 is 0 Å². The quantitative estimate of drug-likeness (QED) is 0.937. The highest BCUT2D eigenvalue weighted by Crippen LogP contribution is 2.33. The van der Waals surface area contributed by atoms with Crippen LogP contribution in [-0.4, -0.2) is 17.5 Å². The van der Waals surface area contributed by atoms with Gasteiger partial charge in [0.25, 0.3) is 0 Å². The molecule has 4 nitrogen and oxygen atoms in total. The summed E-state index contributed by atoms with van der Waals surface area (Å²) in [6, 6.07) is 11.8. The zero-order chi connectivity index (χ0) is 15.5. The fraction of sp³-hybridized carbons (Fsp3) is 0.235. The van der Waals surface area contributed by atoms with Crippen molar-refractivity contribution >= 4 is 22.9 Å². The molecule has 1 atom stereocenters. The molecule has 1 aromatic heterocycles. The van der Waals surface area contributed by atoms with Crippen molar-refractivity contribution in [3.05, 3.63) is 58.3 Å². The van der Waals surface area contributed by atoms with Crippen LogP contribution in [-0.2, 0) is 4.79 Å². The third-order valence-electron chi connectivity index (χ3n) is 3.50. The van der Waals surface area contributed by atoms with Crippen LogP contribution in [0.25, 0.3) is 5.70 Å². The van der Waals surface area contributed by atoms with E-state index in [0.29, 0.717) is 6.61 Å². The topological polar surface area (TPSA) is 41.6 Å². The first-order chi connectivity index (χ1) is 10.7. The van der Waals surface area contributed by atoms with Crippen LogP contribution >= 0.6 is 11.3 Å². The van der Waals surface area contributed by atoms with Gasteiger partial charge in [-0.1, -0.05) is 18.2 Å². The molecule has 1 aliphatic heterocycles. The highest BCUT2D eigenvalue weighted by Gasteiger charge is 2.28. The number of ether oxygens (including phenoxy) is 1. The van der Waals surface area contributed by atoms with Crippen LogP contribution < -0.4 is 10.2 Å². The van der Waals surface area contributed by atoms with Crippen LogP contribution in [0.4, 0.5) is 0 Å². The van der Waals surface area contributed by atoms with Crippen LogP contribution in [0.5, 0.6) is 5.75 Å². The maximum atomic E-state index is 11.9. The van der Waals surface area contributed by atoms with Crippen LogP contribution in [0, 0.1) is 0 Å². The zero-order valence-corrected chi connectivity index (χ0v) is 13.4. The number of nitrogens with zero attached hydrogens (tertiary/aromatic N) is 1. The zero-order valence-electron chi connectivity index (χ0n) is 12.6. The minimum Gasteiger partial charge on any atom is -0.494 e. The molecule has 1 aromatic carbocycles. The predicted octanol–water partition coefficient (Wildman–Crippen LogP) is 3.60. The molecule has 0 bridgehead atoms. The number of nitrogens with one attached hydrogen (secondary N) is 1. The minimum absolute atomic E-state index is 0.0123. The van der Waals surface area contributed by atoms with E-state index in [-0.39, 0.29) is 11.9 Å². The van der Waals surface area contributed by atoms with Gasteiger partial charge in [0, 0.05) is 6.92 Å². The Kier molecular flexibility index (Phi) is 4.15. The molecule has 0 saturated heterocycles. The molecule has 1 amide bonds. The first-order valence-corrected chi connectivity index (χ1v) is 8.12. The first-order valence-electron chi connectivity index (χ1n) is 7.24. The lowest BCUT2D eigenvalue weighted by Crippen LogP contribution is -2.37. The molecule has 1 aliphatic rings. The lowest BCUT2D eigenvalue weighted by atomic mass is 10.1. The molecule has 22 heavy (non-hydrogen) atoms. The van der Waals surface area contributed by atoms with Crippen LogP contribution in [0.15, 0.2) is 47.9 Å². The van der Waals surface area contributed by atoms with Crippen molar-refractivity contribution in [1.82, 2.24) is 10.4 Å². The van der Waals surface area contributed by atoms with Gasteiger partial charge in [0.2, 0.25) is 5.91 Å². The largest absolute Gasteiger partial charge is 0.494 e. The van der Waals surface area contributed by atoms with E-state index < -0.39 is 0 Å². The van der Waals surface area contributed by atoms with Crippen LogP contribution in [0.3, 0.4) is 0 Å². The molecule has 2 aromatic rings. The van der Waals surface area contributed by atoms with Crippen molar-refractivity contribution in [3.8, 4) is 5.75 Å². The summed E-state index contributed by atoms with van der Waals surface area (Å²) in [4.78, 5) is 13.0. The summed E-state index contributed by atoms with van der Waals surface area (Å²) < 4.78 is 5.47. The lowest BCUT2D eigenvalue weighted by molar-refractivity contribution is -0.132. The van der Waals surface area contributed by atoms with Crippen molar-refractivity contribution in [2.24, 2.45) is 0 Å². The minimum atomic E-state index is -0.106. The van der Waals surface area contributed by atoms with E-state index in [1.807, 2.05) is 48.7 Å². The summed E-state index contributed by atoms with van der Waals surface area (Å²) in [5.74, 6) is 0.829. The van der Waals surface area contributed by atoms with Gasteiger partial charge in [0.1, 0.15) is 5.75 Å². The summed E-state index contributed by atoms with van der Waals surface area (Å²) >= 11 is 1.65. The molecule has 0 spiro atoms. The lowest BCUT2D eigenvalue weighted by Gasteiger charge is -2.24. The normalized spacial score (nSPS) is 17.1. The fourth-order valence-electron chi connectivity index (χ4n) is 2.49. The standard InChI is InChI=1S/C17H18N2O2S/c1-3-21-14-8-6-13(7-9-14)16-11-15(17-5-4-10-22-17)18-19(16)12(2)20/h4-11,16,18H,3H2,1-2H3/t16-/m1/s1. The summed E-state index contributed by atoms with van der Waals surface area (Å²) in [6.07, 6.45) is 2.09. The van der Waals surface area contributed by atoms with Gasteiger partial charge in [-0.2, -0.15) is 0 Å². The van der Waals surface area contributed by atoms with Gasteiger partial charge in [0.05, 0.1) is 23.2 Å². The van der Waals surface area contributed by atoms with E-state index in [0.717, 1.165) is 21.9 Å². The molecule has 0 saturated carbocycles. The maximum Gasteiger partial charge on any atom is 0.238 e. The average molecular weight is 314 g/mol. The highest BCUT2D eigenvalue weighted by molar-refractivity contribution is 7.11. The SMILES string of the molecule is CCOc1ccc([C@H]2C=C(c3cccs3)NN2C(C)=O)cc1. The van der Waals surface area contributed by atoms with E-state index in [4.69, 9.17) is 4.74 Å². The Balaban J connectivity index is 1.89. The first kappa shape index (κ1) is 14.7. The van der Waals surface area contributed by atoms with Crippen LogP contribution in [0.2, 0.25) is 0 Å². The molecule has 0 radical (unpaired) electrons. The second kappa shape index (κ2) is 6.23. The number of hydrogen-bond acceptors (Lipinski definition) is 4. The molecule has 5 heteroatoms. The Bertz CT molecular complexity index is 677. The Morgan fingerprint density at radius 2 is 2.09 bits per heavy atom. The smallest absolute Gasteiger partial charge is 0.238 e. The van der Waals surface area contributed by atoms with Gasteiger partial charge in [0.15, 0.2) is 0 Å². The average Bonchev–Trinajstić information content (AvgIpc) is 3.17. The number of amides is 1. The summed E-state index contributed by atoms with van der Waals surface area (Å²) in [5, 5.41) is 3.69. The van der Waals surface area contributed by atoms with Crippen molar-refractivity contribution in [2.45, 2.75) is 19.9 Å². The second-order valence-electron chi connectivity index (χ2n) is 5.01. The van der Waals surface area contributed by atoms with E-state index in [1.54, 1.807) is 23.3 Å². The van der Waals surface area contributed by atoms with E-state index in [9.17, 15) is 4.79 Å². The number of hydrazine groups is 1. The maximum absolute atomic E-state index is 11.9. The van der Waals surface area contributed by atoms with Crippen molar-refractivity contribution < 1.29 is 9.53 Å². The van der Waals surface area contributed by atoms with Gasteiger partial charge in [-0.05, 0) is 42.1 Å². The van der Waals surface area contributed by atoms with Gasteiger partial charge >= 0.3 is 0 Å². The number of thiophene rings is 1. The van der Waals surface area contributed by atoms with Gasteiger partial charge in [-0.3, -0.25) is 10.2 Å². The molecular formula is C17H18N2O2S. The number of hydrogen-bond donors (Lipinski definition) is 1. The third kappa shape index (κ3) is 2.85. The molecule has 1 N–H and O–H groups in total. The number of benzene rings is 1. The molecule has 0 unspecified atom stereocenters. The Hall–Kier alpha value is -2.27. The summed E-state index contributed by atoms with van der Waals surface area (Å²) in [6.45, 7) is 4.18. The van der Waals surface area contributed by atoms with E-state index in [1.165, 1.54) is 0 Å². The monoisotopic (exact) mass is 314 g/mol. The van der Waals surface area contributed by atoms with Crippen LogP contribution in [0.1, 0.15) is 30.3 Å². The third-order valence-corrected chi connectivity index (χ3v) is 4.41. The van der Waals surface area contributed by atoms with E-state index in [2.05, 4.69) is 11.5 Å². The van der Waals surface area contributed by atoms with Crippen molar-refractivity contribution in [3.63, 3.8) is 0 Å². The van der Waals surface area contributed by atoms with Gasteiger partial charge in [-0.25, -0.2) is 5.01 Å². The summed E-state index contributed by atoms with van der Waals surface area (Å²) in [7, 11) is 0. The number of rotatable bonds is 4. The number of carbonyl (C=O) groups is 1. The molecule has 114 valence electrons. The summed E-state index contributed by atoms with van der Waals surface area (Å²) in [5.41, 5.74) is 5.23. The Labute approximate surface area is 134 Å².